The summed E-state index contributed by atoms with van der Waals surface area (Å²) in [6, 6.07) is 0. The Balaban J connectivity index is 0.000000640. The molecule has 0 spiro atoms. The van der Waals surface area contributed by atoms with Crippen molar-refractivity contribution in [3.63, 3.8) is 0 Å². The largest absolute Gasteiger partial charge is 0.368 e. The molecule has 0 aromatic heterocycles. The first kappa shape index (κ1) is 9.07. The van der Waals surface area contributed by atoms with Crippen molar-refractivity contribution in [1.82, 2.24) is 5.32 Å². The van der Waals surface area contributed by atoms with Crippen molar-refractivity contribution in [3.05, 3.63) is 0 Å². The Labute approximate surface area is 58.0 Å². The Hall–Kier alpha value is 0.0700. The molecule has 1 N–H and O–H groups in total. The lowest BCUT2D eigenvalue weighted by Crippen LogP contribution is -2.43. The second-order valence-electron chi connectivity index (χ2n) is 1.66. The molecule has 1 fully saturated rings. The van der Waals surface area contributed by atoms with E-state index in [0.29, 0.717) is 6.54 Å². The number of hydrogen-bond acceptors (Lipinski definition) is 2. The van der Waals surface area contributed by atoms with Gasteiger partial charge in [0, 0.05) is 6.54 Å². The molecule has 0 bridgehead atoms. The van der Waals surface area contributed by atoms with Gasteiger partial charge in [-0.1, -0.05) is 0 Å². The molecule has 1 rings (SSSR count). The maximum Gasteiger partial charge on any atom is 0.368 e. The summed E-state index contributed by atoms with van der Waals surface area (Å²) in [5.41, 5.74) is 0. The SMILES string of the molecule is Cl.FC1(F)CNCCO1. The normalized spacial score (nSPS) is 24.7. The summed E-state index contributed by atoms with van der Waals surface area (Å²) < 4.78 is 27.9. The molecule has 56 valence electrons. The molecule has 0 aromatic rings. The fourth-order valence-electron chi connectivity index (χ4n) is 0.557. The average molecular weight is 160 g/mol. The van der Waals surface area contributed by atoms with E-state index < -0.39 is 6.11 Å². The third-order valence-electron chi connectivity index (χ3n) is 0.923. The van der Waals surface area contributed by atoms with Crippen molar-refractivity contribution in [2.75, 3.05) is 19.7 Å². The number of ether oxygens (including phenoxy) is 1. The Morgan fingerprint density at radius 1 is 1.44 bits per heavy atom. The molecule has 0 aliphatic carbocycles. The predicted octanol–water partition coefficient (Wildman–Crippen LogP) is 0.621. The van der Waals surface area contributed by atoms with E-state index in [0.717, 1.165) is 0 Å². The van der Waals surface area contributed by atoms with Crippen molar-refractivity contribution >= 4 is 12.4 Å². The van der Waals surface area contributed by atoms with Crippen LogP contribution < -0.4 is 5.32 Å². The van der Waals surface area contributed by atoms with Crippen LogP contribution in [0.5, 0.6) is 0 Å². The number of hydrogen-bond donors (Lipinski definition) is 1. The molecule has 0 aromatic carbocycles. The van der Waals surface area contributed by atoms with Gasteiger partial charge in [-0.3, -0.25) is 0 Å². The fraction of sp³-hybridized carbons (Fsp3) is 1.00. The Kier molecular flexibility index (Phi) is 3.32. The van der Waals surface area contributed by atoms with Crippen molar-refractivity contribution in [3.8, 4) is 0 Å². The molecule has 0 radical (unpaired) electrons. The van der Waals surface area contributed by atoms with E-state index in [9.17, 15) is 8.78 Å². The van der Waals surface area contributed by atoms with Crippen LogP contribution in [-0.2, 0) is 4.74 Å². The van der Waals surface area contributed by atoms with E-state index in [2.05, 4.69) is 10.1 Å². The quantitative estimate of drug-likeness (QED) is 0.560. The van der Waals surface area contributed by atoms with Crippen LogP contribution in [-0.4, -0.2) is 25.8 Å². The van der Waals surface area contributed by atoms with Gasteiger partial charge in [-0.2, -0.15) is 8.78 Å². The van der Waals surface area contributed by atoms with Crippen LogP contribution in [0, 0.1) is 0 Å². The van der Waals surface area contributed by atoms with Crippen LogP contribution in [0.2, 0.25) is 0 Å². The van der Waals surface area contributed by atoms with Gasteiger partial charge in [0.05, 0.1) is 13.2 Å². The Morgan fingerprint density at radius 3 is 2.33 bits per heavy atom. The summed E-state index contributed by atoms with van der Waals surface area (Å²) in [5, 5.41) is 2.50. The van der Waals surface area contributed by atoms with Crippen LogP contribution in [0.4, 0.5) is 8.78 Å². The average Bonchev–Trinajstić information content (AvgIpc) is 1.65. The highest BCUT2D eigenvalue weighted by Crippen LogP contribution is 2.15. The highest BCUT2D eigenvalue weighted by molar-refractivity contribution is 5.85. The molecule has 0 atom stereocenters. The van der Waals surface area contributed by atoms with E-state index in [1.54, 1.807) is 0 Å². The molecule has 0 unspecified atom stereocenters. The van der Waals surface area contributed by atoms with Gasteiger partial charge in [0.15, 0.2) is 0 Å². The molecular formula is C4H8ClF2NO. The molecule has 0 saturated carbocycles. The maximum atomic E-state index is 11.9. The molecule has 1 saturated heterocycles. The molecule has 1 aliphatic rings. The predicted molar refractivity (Wildman–Crippen MR) is 31.0 cm³/mol. The smallest absolute Gasteiger partial charge is 0.318 e. The van der Waals surface area contributed by atoms with Gasteiger partial charge in [-0.25, -0.2) is 0 Å². The second-order valence-corrected chi connectivity index (χ2v) is 1.66. The molecule has 5 heteroatoms. The summed E-state index contributed by atoms with van der Waals surface area (Å²) in [5.74, 6) is 0. The lowest BCUT2D eigenvalue weighted by atomic mass is 10.5. The number of morpholine rings is 1. The number of halogens is 3. The Bertz CT molecular complexity index is 82.6. The van der Waals surface area contributed by atoms with Crippen LogP contribution >= 0.6 is 12.4 Å². The van der Waals surface area contributed by atoms with Gasteiger partial charge >= 0.3 is 6.11 Å². The number of rotatable bonds is 0. The third kappa shape index (κ3) is 2.93. The molecule has 1 aliphatic heterocycles. The monoisotopic (exact) mass is 159 g/mol. The summed E-state index contributed by atoms with van der Waals surface area (Å²) >= 11 is 0. The van der Waals surface area contributed by atoms with Gasteiger partial charge in [0.2, 0.25) is 0 Å². The fourth-order valence-corrected chi connectivity index (χ4v) is 0.557. The summed E-state index contributed by atoms with van der Waals surface area (Å²) in [4.78, 5) is 0. The number of alkyl halides is 2. The third-order valence-corrected chi connectivity index (χ3v) is 0.923. The van der Waals surface area contributed by atoms with Gasteiger partial charge < -0.3 is 10.1 Å². The topological polar surface area (TPSA) is 21.3 Å². The minimum absolute atomic E-state index is 0. The highest BCUT2D eigenvalue weighted by atomic mass is 35.5. The van der Waals surface area contributed by atoms with Crippen LogP contribution in [0.25, 0.3) is 0 Å². The van der Waals surface area contributed by atoms with Gasteiger partial charge in [-0.05, 0) is 0 Å². The molecule has 2 nitrogen and oxygen atoms in total. The molecule has 9 heavy (non-hydrogen) atoms. The van der Waals surface area contributed by atoms with Gasteiger partial charge in [0.25, 0.3) is 0 Å². The van der Waals surface area contributed by atoms with Gasteiger partial charge in [0.1, 0.15) is 0 Å². The summed E-state index contributed by atoms with van der Waals surface area (Å²) in [7, 11) is 0. The highest BCUT2D eigenvalue weighted by Gasteiger charge is 2.31. The van der Waals surface area contributed by atoms with E-state index in [1.165, 1.54) is 0 Å². The summed E-state index contributed by atoms with van der Waals surface area (Å²) in [6.45, 7) is 0.273. The molecular weight excluding hydrogens is 151 g/mol. The van der Waals surface area contributed by atoms with E-state index in [4.69, 9.17) is 0 Å². The lowest BCUT2D eigenvalue weighted by molar-refractivity contribution is -0.246. The van der Waals surface area contributed by atoms with Crippen molar-refractivity contribution in [1.29, 1.82) is 0 Å². The van der Waals surface area contributed by atoms with Crippen molar-refractivity contribution in [2.24, 2.45) is 0 Å². The first-order valence-corrected chi connectivity index (χ1v) is 2.43. The maximum absolute atomic E-state index is 11.9. The van der Waals surface area contributed by atoms with E-state index >= 15 is 0 Å². The van der Waals surface area contributed by atoms with Crippen LogP contribution in [0.15, 0.2) is 0 Å². The first-order chi connectivity index (χ1) is 3.71. The minimum atomic E-state index is -2.93. The molecule has 0 amide bonds. The standard InChI is InChI=1S/C4H7F2NO.ClH/c5-4(6)3-7-1-2-8-4;/h7H,1-3H2;1H. The van der Waals surface area contributed by atoms with Crippen LogP contribution in [0.1, 0.15) is 0 Å². The molecule has 1 heterocycles. The van der Waals surface area contributed by atoms with Gasteiger partial charge in [-0.15, -0.1) is 12.4 Å². The van der Waals surface area contributed by atoms with Crippen molar-refractivity contribution < 1.29 is 13.5 Å². The van der Waals surface area contributed by atoms with E-state index in [1.807, 2.05) is 0 Å². The first-order valence-electron chi connectivity index (χ1n) is 2.43. The minimum Gasteiger partial charge on any atom is -0.318 e. The second kappa shape index (κ2) is 3.29. The summed E-state index contributed by atoms with van der Waals surface area (Å²) in [6.07, 6.45) is -2.93. The zero-order valence-corrected chi connectivity index (χ0v) is 5.51. The van der Waals surface area contributed by atoms with Crippen molar-refractivity contribution in [2.45, 2.75) is 6.11 Å². The van der Waals surface area contributed by atoms with Crippen LogP contribution in [0.3, 0.4) is 0 Å². The Morgan fingerprint density at radius 2 is 2.11 bits per heavy atom. The zero-order chi connectivity index (χ0) is 6.04. The zero-order valence-electron chi connectivity index (χ0n) is 4.69. The number of nitrogens with one attached hydrogen (secondary N) is 1. The lowest BCUT2D eigenvalue weighted by Gasteiger charge is -2.21. The van der Waals surface area contributed by atoms with E-state index in [-0.39, 0.29) is 25.6 Å².